The molecule has 1 aliphatic heterocycles. The van der Waals surface area contributed by atoms with Crippen molar-refractivity contribution in [1.29, 1.82) is 0 Å². The third-order valence-corrected chi connectivity index (χ3v) is 6.12. The lowest BCUT2D eigenvalue weighted by Gasteiger charge is -2.34. The fourth-order valence-electron chi connectivity index (χ4n) is 3.51. The Morgan fingerprint density at radius 1 is 0.828 bits per heavy atom. The second kappa shape index (κ2) is 9.83. The summed E-state index contributed by atoms with van der Waals surface area (Å²) in [4.78, 5) is 17.8. The van der Waals surface area contributed by atoms with E-state index in [-0.39, 0.29) is 5.78 Å². The molecule has 3 aromatic rings. The summed E-state index contributed by atoms with van der Waals surface area (Å²) >= 11 is 1.53. The number of Topliss-reactive ketones (excluding diaryl/α,β-unsaturated/α-hetero) is 1. The quantitative estimate of drug-likeness (QED) is 0.522. The molecule has 0 amide bonds. The lowest BCUT2D eigenvalue weighted by molar-refractivity contribution is 0.0847. The van der Waals surface area contributed by atoms with Gasteiger partial charge in [0.05, 0.1) is 11.4 Å². The van der Waals surface area contributed by atoms with Crippen molar-refractivity contribution in [1.82, 2.24) is 9.80 Å². The van der Waals surface area contributed by atoms with E-state index in [1.165, 1.54) is 22.5 Å². The Morgan fingerprint density at radius 3 is 2.24 bits per heavy atom. The summed E-state index contributed by atoms with van der Waals surface area (Å²) in [5.41, 5.74) is 2.46. The van der Waals surface area contributed by atoms with Crippen LogP contribution >= 0.6 is 11.3 Å². The first-order chi connectivity index (χ1) is 14.3. The van der Waals surface area contributed by atoms with Crippen molar-refractivity contribution in [3.05, 3.63) is 88.1 Å². The van der Waals surface area contributed by atoms with Crippen LogP contribution in [0.15, 0.2) is 72.1 Å². The molecule has 5 heteroatoms. The van der Waals surface area contributed by atoms with E-state index in [1.54, 1.807) is 0 Å². The number of rotatable bonds is 8. The van der Waals surface area contributed by atoms with Gasteiger partial charge in [-0.05, 0) is 34.7 Å². The molecule has 4 nitrogen and oxygen atoms in total. The van der Waals surface area contributed by atoms with Crippen LogP contribution in [0.1, 0.15) is 20.8 Å². The van der Waals surface area contributed by atoms with Crippen LogP contribution in [0.2, 0.25) is 0 Å². The van der Waals surface area contributed by atoms with Gasteiger partial charge in [0.2, 0.25) is 0 Å². The predicted octanol–water partition coefficient (Wildman–Crippen LogP) is 4.33. The molecule has 0 bridgehead atoms. The highest BCUT2D eigenvalue weighted by atomic mass is 32.1. The molecule has 1 aromatic heterocycles. The summed E-state index contributed by atoms with van der Waals surface area (Å²) in [6, 6.07) is 22.5. The molecule has 1 fully saturated rings. The number of ketones is 1. The van der Waals surface area contributed by atoms with E-state index in [4.69, 9.17) is 4.74 Å². The number of hydrogen-bond acceptors (Lipinski definition) is 5. The third kappa shape index (κ3) is 5.76. The fraction of sp³-hybridized carbons (Fsp3) is 0.292. The first-order valence-electron chi connectivity index (χ1n) is 10.0. The summed E-state index contributed by atoms with van der Waals surface area (Å²) in [6.07, 6.45) is 0. The number of hydrogen-bond donors (Lipinski definition) is 0. The maximum Gasteiger partial charge on any atom is 0.186 e. The minimum atomic E-state index is 0.236. The molecule has 1 saturated heterocycles. The topological polar surface area (TPSA) is 32.8 Å². The number of carbonyl (C=O) groups excluding carboxylic acids is 1. The van der Waals surface area contributed by atoms with Gasteiger partial charge >= 0.3 is 0 Å². The number of piperazine rings is 1. The van der Waals surface area contributed by atoms with Crippen LogP contribution in [0.5, 0.6) is 5.75 Å². The second-order valence-electron chi connectivity index (χ2n) is 7.37. The average Bonchev–Trinajstić information content (AvgIpc) is 3.31. The van der Waals surface area contributed by atoms with Crippen LogP contribution in [0.3, 0.4) is 0 Å². The van der Waals surface area contributed by atoms with Crippen LogP contribution in [-0.2, 0) is 13.2 Å². The van der Waals surface area contributed by atoms with Gasteiger partial charge in [-0.2, -0.15) is 0 Å². The molecule has 0 N–H and O–H groups in total. The largest absolute Gasteiger partial charge is 0.489 e. The average molecular weight is 407 g/mol. The monoisotopic (exact) mass is 406 g/mol. The zero-order valence-electron chi connectivity index (χ0n) is 16.5. The highest BCUT2D eigenvalue weighted by Gasteiger charge is 2.20. The Bertz CT molecular complexity index is 886. The van der Waals surface area contributed by atoms with Crippen LogP contribution in [0.4, 0.5) is 0 Å². The van der Waals surface area contributed by atoms with Gasteiger partial charge in [-0.3, -0.25) is 14.6 Å². The van der Waals surface area contributed by atoms with Crippen molar-refractivity contribution >= 4 is 17.1 Å². The Kier molecular flexibility index (Phi) is 6.72. The van der Waals surface area contributed by atoms with Crippen molar-refractivity contribution in [2.75, 3.05) is 32.7 Å². The summed E-state index contributed by atoms with van der Waals surface area (Å²) < 4.78 is 5.87. The number of thiophene rings is 1. The second-order valence-corrected chi connectivity index (χ2v) is 8.32. The molecule has 1 aliphatic rings. The number of ether oxygens (including phenoxy) is 1. The van der Waals surface area contributed by atoms with Crippen molar-refractivity contribution in [3.8, 4) is 5.75 Å². The minimum absolute atomic E-state index is 0.236. The number of nitrogens with zero attached hydrogens (tertiary/aromatic N) is 2. The van der Waals surface area contributed by atoms with Gasteiger partial charge in [0, 0.05) is 32.7 Å². The molecule has 0 saturated carbocycles. The van der Waals surface area contributed by atoms with Gasteiger partial charge < -0.3 is 4.74 Å². The highest BCUT2D eigenvalue weighted by Crippen LogP contribution is 2.17. The maximum atomic E-state index is 12.3. The first kappa shape index (κ1) is 19.8. The molecule has 0 atom stereocenters. The van der Waals surface area contributed by atoms with Crippen LogP contribution < -0.4 is 4.74 Å². The van der Waals surface area contributed by atoms with Crippen molar-refractivity contribution in [2.45, 2.75) is 13.2 Å². The SMILES string of the molecule is O=C(CN1CCN(Cc2ccc(OCc3ccccc3)cc2)CC1)c1cccs1. The van der Waals surface area contributed by atoms with Gasteiger partial charge in [-0.25, -0.2) is 0 Å². The van der Waals surface area contributed by atoms with E-state index in [1.807, 2.05) is 47.8 Å². The van der Waals surface area contributed by atoms with Crippen molar-refractivity contribution in [2.24, 2.45) is 0 Å². The van der Waals surface area contributed by atoms with E-state index < -0.39 is 0 Å². The molecule has 2 heterocycles. The first-order valence-corrected chi connectivity index (χ1v) is 10.9. The molecular weight excluding hydrogens is 380 g/mol. The summed E-state index contributed by atoms with van der Waals surface area (Å²) in [5, 5.41) is 1.96. The van der Waals surface area contributed by atoms with Crippen molar-refractivity contribution < 1.29 is 9.53 Å². The lowest BCUT2D eigenvalue weighted by Crippen LogP contribution is -2.47. The molecule has 0 aliphatic carbocycles. The Hall–Kier alpha value is -2.47. The van der Waals surface area contributed by atoms with E-state index in [0.717, 1.165) is 43.4 Å². The molecule has 4 rings (SSSR count). The van der Waals surface area contributed by atoms with E-state index in [0.29, 0.717) is 13.2 Å². The van der Waals surface area contributed by atoms with Gasteiger partial charge in [0.1, 0.15) is 12.4 Å². The smallest absolute Gasteiger partial charge is 0.186 e. The number of carbonyl (C=O) groups is 1. The van der Waals surface area contributed by atoms with Crippen LogP contribution in [0, 0.1) is 0 Å². The highest BCUT2D eigenvalue weighted by molar-refractivity contribution is 7.12. The third-order valence-electron chi connectivity index (χ3n) is 5.21. The van der Waals surface area contributed by atoms with Gasteiger partial charge in [-0.1, -0.05) is 48.5 Å². The molecule has 150 valence electrons. The summed E-state index contributed by atoms with van der Waals surface area (Å²) in [7, 11) is 0. The Balaban J connectivity index is 1.20. The lowest BCUT2D eigenvalue weighted by atomic mass is 10.2. The maximum absolute atomic E-state index is 12.3. The standard InChI is InChI=1S/C24H26N2O2S/c27-23(24-7-4-16-29-24)18-26-14-12-25(13-15-26)17-20-8-10-22(11-9-20)28-19-21-5-2-1-3-6-21/h1-11,16H,12-15,17-19H2. The number of benzene rings is 2. The molecule has 29 heavy (non-hydrogen) atoms. The van der Waals surface area contributed by atoms with Crippen LogP contribution in [0.25, 0.3) is 0 Å². The Morgan fingerprint density at radius 2 is 1.55 bits per heavy atom. The molecule has 0 spiro atoms. The van der Waals surface area contributed by atoms with Gasteiger partial charge in [0.25, 0.3) is 0 Å². The normalized spacial score (nSPS) is 15.3. The molecular formula is C24H26N2O2S. The van der Waals surface area contributed by atoms with Crippen LogP contribution in [-0.4, -0.2) is 48.3 Å². The van der Waals surface area contributed by atoms with Gasteiger partial charge in [-0.15, -0.1) is 11.3 Å². The minimum Gasteiger partial charge on any atom is -0.489 e. The summed E-state index contributed by atoms with van der Waals surface area (Å²) in [5.74, 6) is 1.13. The van der Waals surface area contributed by atoms with Gasteiger partial charge in [0.15, 0.2) is 5.78 Å². The Labute approximate surface area is 176 Å². The van der Waals surface area contributed by atoms with E-state index in [2.05, 4.69) is 34.1 Å². The zero-order chi connectivity index (χ0) is 19.9. The van der Waals surface area contributed by atoms with E-state index >= 15 is 0 Å². The summed E-state index contributed by atoms with van der Waals surface area (Å²) in [6.45, 7) is 5.92. The zero-order valence-corrected chi connectivity index (χ0v) is 17.3. The van der Waals surface area contributed by atoms with E-state index in [9.17, 15) is 4.79 Å². The van der Waals surface area contributed by atoms with Crippen molar-refractivity contribution in [3.63, 3.8) is 0 Å². The fourth-order valence-corrected chi connectivity index (χ4v) is 4.17. The molecule has 2 aromatic carbocycles. The molecule has 0 radical (unpaired) electrons. The molecule has 0 unspecified atom stereocenters. The predicted molar refractivity (Wildman–Crippen MR) is 118 cm³/mol.